The number of aromatic nitrogens is 7. The molecule has 1 aromatic carbocycles. The minimum absolute atomic E-state index is 0.104. The van der Waals surface area contributed by atoms with Gasteiger partial charge in [-0.15, -0.1) is 5.10 Å². The fourth-order valence-electron chi connectivity index (χ4n) is 5.81. The van der Waals surface area contributed by atoms with Crippen molar-refractivity contribution in [2.24, 2.45) is 0 Å². The van der Waals surface area contributed by atoms with Gasteiger partial charge in [0.1, 0.15) is 24.5 Å². The molecule has 1 fully saturated rings. The number of nitrogens with one attached hydrogen (secondary N) is 1. The van der Waals surface area contributed by atoms with Crippen LogP contribution in [0.4, 0.5) is 17.6 Å². The number of pyridine rings is 1. The Morgan fingerprint density at radius 3 is 2.57 bits per heavy atom. The van der Waals surface area contributed by atoms with Crippen molar-refractivity contribution in [3.05, 3.63) is 76.7 Å². The second-order valence-electron chi connectivity index (χ2n) is 13.3. The Hall–Kier alpha value is -3.95. The zero-order valence-electron chi connectivity index (χ0n) is 26.4. The summed E-state index contributed by atoms with van der Waals surface area (Å²) >= 11 is 6.12. The van der Waals surface area contributed by atoms with Gasteiger partial charge in [-0.05, 0) is 71.6 Å². The van der Waals surface area contributed by atoms with Crippen LogP contribution in [0.15, 0.2) is 43.0 Å². The lowest BCUT2D eigenvalue weighted by molar-refractivity contribution is -0.129. The van der Waals surface area contributed by atoms with Crippen LogP contribution in [0.2, 0.25) is 23.2 Å². The minimum Gasteiger partial charge on any atom is -0.410 e. The number of benzene rings is 1. The molecule has 10 nitrogen and oxygen atoms in total. The molecule has 2 atom stereocenters. The van der Waals surface area contributed by atoms with Crippen LogP contribution in [0.1, 0.15) is 63.2 Å². The second-order valence-corrected chi connectivity index (χ2v) is 18.5. The number of amides is 1. The molecule has 0 radical (unpaired) electrons. The van der Waals surface area contributed by atoms with E-state index in [2.05, 4.69) is 30.5 Å². The molecular weight excluding hydrogens is 656 g/mol. The van der Waals surface area contributed by atoms with Crippen molar-refractivity contribution in [3.63, 3.8) is 0 Å². The number of tetrazole rings is 1. The van der Waals surface area contributed by atoms with Crippen LogP contribution in [0.5, 0.6) is 0 Å². The molecule has 16 heteroatoms. The Labute approximate surface area is 274 Å². The molecule has 4 aromatic rings. The van der Waals surface area contributed by atoms with Gasteiger partial charge in [-0.2, -0.15) is 13.5 Å². The van der Waals surface area contributed by atoms with Gasteiger partial charge in [0.25, 0.3) is 0 Å². The van der Waals surface area contributed by atoms with Gasteiger partial charge in [0.2, 0.25) is 5.91 Å². The molecule has 1 saturated heterocycles. The number of imidazole rings is 1. The molecule has 2 aliphatic rings. The highest BCUT2D eigenvalue weighted by Gasteiger charge is 2.45. The summed E-state index contributed by atoms with van der Waals surface area (Å²) < 4.78 is 68.7. The molecule has 248 valence electrons. The standard InChI is InChI=1S/C31H33ClF4N8O2Si/c1-30(2,3)47(4,5)46-15-31(35,36)28-26(33)19(10-11-37-28)21-14-38-29(40-21)23-8-6-18-12-17(13-24(45)44(18)23)25-22(43-16-39-41-42-43)9-7-20(32)27(25)34/h7,9-11,13-14,16,18,23H,6,8,12,15H2,1-5H3,(H,38,40)/t18-,23?/m1/s1. The summed E-state index contributed by atoms with van der Waals surface area (Å²) in [6.45, 7) is 8.49. The predicted molar refractivity (Wildman–Crippen MR) is 168 cm³/mol. The van der Waals surface area contributed by atoms with E-state index >= 15 is 17.6 Å². The highest BCUT2D eigenvalue weighted by molar-refractivity contribution is 6.74. The summed E-state index contributed by atoms with van der Waals surface area (Å²) in [5.41, 5.74) is -0.0497. The molecular formula is C31H33ClF4N8O2Si. The quantitative estimate of drug-likeness (QED) is 0.156. The molecule has 5 heterocycles. The maximum absolute atomic E-state index is 15.7. The van der Waals surface area contributed by atoms with Crippen LogP contribution >= 0.6 is 11.6 Å². The number of aromatic amines is 1. The first-order chi connectivity index (χ1) is 22.1. The summed E-state index contributed by atoms with van der Waals surface area (Å²) in [6, 6.07) is 3.49. The zero-order valence-corrected chi connectivity index (χ0v) is 28.1. The predicted octanol–water partition coefficient (Wildman–Crippen LogP) is 7.01. The number of carbonyl (C=O) groups excluding carboxylic acids is 1. The van der Waals surface area contributed by atoms with Crippen molar-refractivity contribution >= 4 is 31.4 Å². The fourth-order valence-corrected chi connectivity index (χ4v) is 6.94. The lowest BCUT2D eigenvalue weighted by Crippen LogP contribution is -2.43. The molecule has 2 aliphatic heterocycles. The Balaban J connectivity index is 1.25. The molecule has 0 bridgehead atoms. The second kappa shape index (κ2) is 11.9. The Kier molecular flexibility index (Phi) is 8.37. The molecule has 0 spiro atoms. The SMILES string of the molecule is CC(C)(C)[Si](C)(C)OCC(F)(F)c1nccc(-c2cnc(C3CC[C@@H]4CC(c5c(-n6cnnn6)ccc(Cl)c5F)=CC(=O)N34)[nH]2)c1F. The number of fused-ring (bicyclic) bond motifs is 1. The monoisotopic (exact) mass is 688 g/mol. The number of rotatable bonds is 8. The Bertz CT molecular complexity index is 1860. The highest BCUT2D eigenvalue weighted by atomic mass is 35.5. The average molecular weight is 689 g/mol. The van der Waals surface area contributed by atoms with Crippen LogP contribution < -0.4 is 0 Å². The molecule has 1 amide bonds. The number of halogens is 5. The van der Waals surface area contributed by atoms with Gasteiger partial charge >= 0.3 is 5.92 Å². The summed E-state index contributed by atoms with van der Waals surface area (Å²) in [6.07, 6.45) is 6.60. The third-order valence-electron chi connectivity index (χ3n) is 9.36. The van der Waals surface area contributed by atoms with E-state index in [9.17, 15) is 4.79 Å². The number of hydrogen-bond acceptors (Lipinski definition) is 7. The van der Waals surface area contributed by atoms with Crippen LogP contribution in [0, 0.1) is 11.6 Å². The van der Waals surface area contributed by atoms with Gasteiger partial charge in [0.05, 0.1) is 28.6 Å². The topological polar surface area (TPSA) is 115 Å². The van der Waals surface area contributed by atoms with E-state index in [0.29, 0.717) is 36.3 Å². The molecule has 3 aromatic heterocycles. The number of hydrogen-bond donors (Lipinski definition) is 1. The first kappa shape index (κ1) is 33.0. The van der Waals surface area contributed by atoms with E-state index in [1.807, 2.05) is 33.9 Å². The normalized spacial score (nSPS) is 18.9. The van der Waals surface area contributed by atoms with E-state index in [0.717, 1.165) is 6.20 Å². The van der Waals surface area contributed by atoms with E-state index in [4.69, 9.17) is 16.0 Å². The average Bonchev–Trinajstić information content (AvgIpc) is 3.78. The Morgan fingerprint density at radius 1 is 1.11 bits per heavy atom. The van der Waals surface area contributed by atoms with Crippen LogP contribution in [-0.4, -0.2) is 66.9 Å². The zero-order chi connectivity index (χ0) is 33.9. The van der Waals surface area contributed by atoms with Crippen molar-refractivity contribution in [2.75, 3.05) is 6.61 Å². The smallest absolute Gasteiger partial charge is 0.314 e. The maximum atomic E-state index is 15.7. The summed E-state index contributed by atoms with van der Waals surface area (Å²) in [5, 5.41) is 10.7. The third kappa shape index (κ3) is 6.00. The first-order valence-electron chi connectivity index (χ1n) is 15.1. The number of carbonyl (C=O) groups is 1. The maximum Gasteiger partial charge on any atom is 0.314 e. The molecule has 1 unspecified atom stereocenters. The van der Waals surface area contributed by atoms with Crippen LogP contribution in [-0.2, 0) is 15.1 Å². The summed E-state index contributed by atoms with van der Waals surface area (Å²) in [4.78, 5) is 26.4. The summed E-state index contributed by atoms with van der Waals surface area (Å²) in [5.74, 6) is -5.53. The van der Waals surface area contributed by atoms with Crippen LogP contribution in [0.3, 0.4) is 0 Å². The largest absolute Gasteiger partial charge is 0.410 e. The van der Waals surface area contributed by atoms with Crippen molar-refractivity contribution in [2.45, 2.75) is 76.2 Å². The minimum atomic E-state index is -3.67. The first-order valence-corrected chi connectivity index (χ1v) is 18.3. The molecule has 6 rings (SSSR count). The lowest BCUT2D eigenvalue weighted by atomic mass is 9.92. The molecule has 0 saturated carbocycles. The third-order valence-corrected chi connectivity index (χ3v) is 14.1. The van der Waals surface area contributed by atoms with Gasteiger partial charge in [0.15, 0.2) is 20.0 Å². The van der Waals surface area contributed by atoms with E-state index in [-0.39, 0.29) is 38.8 Å². The van der Waals surface area contributed by atoms with Gasteiger partial charge in [-0.25, -0.2) is 13.8 Å². The van der Waals surface area contributed by atoms with Crippen molar-refractivity contribution in [1.29, 1.82) is 0 Å². The van der Waals surface area contributed by atoms with Gasteiger partial charge in [0, 0.05) is 29.4 Å². The van der Waals surface area contributed by atoms with E-state index in [1.165, 1.54) is 35.4 Å². The Morgan fingerprint density at radius 2 is 1.87 bits per heavy atom. The molecule has 0 aliphatic carbocycles. The molecule has 47 heavy (non-hydrogen) atoms. The summed E-state index contributed by atoms with van der Waals surface area (Å²) in [7, 11) is -2.54. The van der Waals surface area contributed by atoms with Crippen molar-refractivity contribution in [1.82, 2.24) is 40.1 Å². The lowest BCUT2D eigenvalue weighted by Gasteiger charge is -2.37. The highest BCUT2D eigenvalue weighted by Crippen LogP contribution is 2.45. The van der Waals surface area contributed by atoms with Gasteiger partial charge < -0.3 is 14.3 Å². The van der Waals surface area contributed by atoms with Gasteiger partial charge in [-0.1, -0.05) is 32.4 Å². The van der Waals surface area contributed by atoms with E-state index < -0.39 is 44.2 Å². The fraction of sp³-hybridized carbons (Fsp3) is 0.419. The molecule has 1 N–H and O–H groups in total. The van der Waals surface area contributed by atoms with E-state index in [1.54, 1.807) is 11.0 Å². The number of nitrogens with zero attached hydrogens (tertiary/aromatic N) is 7. The van der Waals surface area contributed by atoms with Crippen molar-refractivity contribution in [3.8, 4) is 16.9 Å². The van der Waals surface area contributed by atoms with Crippen LogP contribution in [0.25, 0.3) is 22.5 Å². The van der Waals surface area contributed by atoms with Crippen molar-refractivity contribution < 1.29 is 26.8 Å². The number of alkyl halides is 2. The number of H-pyrrole nitrogens is 1. The van der Waals surface area contributed by atoms with Gasteiger partial charge in [-0.3, -0.25) is 9.78 Å².